The minimum atomic E-state index is -0.434. The molecular weight excluding hydrogens is 617 g/mol. The SMILES string of the molecule is CC(C)(C)c1nc2ccc(Br)cc2c(=O)n1N=Cc1cc(Cl)cc(Br)c1OCc1ccccc1Cl. The molecule has 35 heavy (non-hydrogen) atoms. The Bertz CT molecular complexity index is 1510. The van der Waals surface area contributed by atoms with Crippen LogP contribution in [0.4, 0.5) is 0 Å². The second-order valence-corrected chi connectivity index (χ2v) is 11.5. The maximum Gasteiger partial charge on any atom is 0.282 e. The van der Waals surface area contributed by atoms with Gasteiger partial charge in [0.2, 0.25) is 0 Å². The van der Waals surface area contributed by atoms with E-state index < -0.39 is 5.41 Å². The standard InChI is InChI=1S/C26H21Br2Cl2N3O2/c1-26(2,3)25-32-22-9-8-17(27)11-19(22)24(34)33(25)31-13-16-10-18(29)12-20(28)23(16)35-14-15-6-4-5-7-21(15)30/h4-13H,14H2,1-3H3. The zero-order valence-corrected chi connectivity index (χ0v) is 23.8. The van der Waals surface area contributed by atoms with Gasteiger partial charge in [-0.05, 0) is 52.3 Å². The molecule has 4 rings (SSSR count). The van der Waals surface area contributed by atoms with Crippen LogP contribution in [0, 0.1) is 0 Å². The lowest BCUT2D eigenvalue weighted by Gasteiger charge is -2.21. The van der Waals surface area contributed by atoms with Crippen LogP contribution in [0.15, 0.2) is 73.4 Å². The molecule has 0 spiro atoms. The van der Waals surface area contributed by atoms with E-state index in [0.29, 0.717) is 42.6 Å². The smallest absolute Gasteiger partial charge is 0.282 e. The normalized spacial score (nSPS) is 12.0. The maximum absolute atomic E-state index is 13.4. The summed E-state index contributed by atoms with van der Waals surface area (Å²) in [7, 11) is 0. The molecule has 4 aromatic rings. The number of nitrogens with zero attached hydrogens (tertiary/aromatic N) is 3. The lowest BCUT2D eigenvalue weighted by molar-refractivity contribution is 0.304. The van der Waals surface area contributed by atoms with E-state index in [2.05, 4.69) is 37.0 Å². The maximum atomic E-state index is 13.4. The van der Waals surface area contributed by atoms with Gasteiger partial charge < -0.3 is 4.74 Å². The molecule has 0 fully saturated rings. The third-order valence-electron chi connectivity index (χ3n) is 5.16. The van der Waals surface area contributed by atoms with E-state index in [9.17, 15) is 4.79 Å². The van der Waals surface area contributed by atoms with Gasteiger partial charge in [0, 0.05) is 31.1 Å². The Morgan fingerprint density at radius 1 is 1.09 bits per heavy atom. The predicted molar refractivity (Wildman–Crippen MR) is 150 cm³/mol. The first-order valence-electron chi connectivity index (χ1n) is 10.7. The molecule has 0 N–H and O–H groups in total. The van der Waals surface area contributed by atoms with Crippen molar-refractivity contribution in [3.05, 3.63) is 101 Å². The average molecular weight is 638 g/mol. The summed E-state index contributed by atoms with van der Waals surface area (Å²) in [5.41, 5.74) is 1.35. The minimum Gasteiger partial charge on any atom is -0.487 e. The molecule has 0 unspecified atom stereocenters. The number of fused-ring (bicyclic) bond motifs is 1. The largest absolute Gasteiger partial charge is 0.487 e. The summed E-state index contributed by atoms with van der Waals surface area (Å²) in [6.07, 6.45) is 1.56. The molecule has 0 aliphatic carbocycles. The van der Waals surface area contributed by atoms with Crippen molar-refractivity contribution in [2.75, 3.05) is 0 Å². The van der Waals surface area contributed by atoms with Crippen molar-refractivity contribution in [2.24, 2.45) is 5.10 Å². The summed E-state index contributed by atoms with van der Waals surface area (Å²) in [5.74, 6) is 1.06. The monoisotopic (exact) mass is 635 g/mol. The highest BCUT2D eigenvalue weighted by Crippen LogP contribution is 2.33. The van der Waals surface area contributed by atoms with Crippen LogP contribution in [0.3, 0.4) is 0 Å². The molecule has 0 atom stereocenters. The van der Waals surface area contributed by atoms with Crippen molar-refractivity contribution < 1.29 is 4.74 Å². The Morgan fingerprint density at radius 2 is 1.83 bits per heavy atom. The molecule has 0 amide bonds. The lowest BCUT2D eigenvalue weighted by Crippen LogP contribution is -2.29. The first-order valence-corrected chi connectivity index (χ1v) is 13.0. The summed E-state index contributed by atoms with van der Waals surface area (Å²) in [5, 5.41) is 6.12. The molecule has 9 heteroatoms. The van der Waals surface area contributed by atoms with E-state index in [1.165, 1.54) is 4.68 Å². The van der Waals surface area contributed by atoms with Gasteiger partial charge in [0.1, 0.15) is 18.2 Å². The topological polar surface area (TPSA) is 56.5 Å². The first-order chi connectivity index (χ1) is 16.5. The molecule has 0 bridgehead atoms. The molecule has 0 saturated carbocycles. The molecule has 1 heterocycles. The number of aromatic nitrogens is 2. The fourth-order valence-electron chi connectivity index (χ4n) is 3.46. The second kappa shape index (κ2) is 10.4. The first kappa shape index (κ1) is 25.9. The molecule has 0 saturated heterocycles. The summed E-state index contributed by atoms with van der Waals surface area (Å²) >= 11 is 19.6. The van der Waals surface area contributed by atoms with Crippen molar-refractivity contribution in [3.63, 3.8) is 0 Å². The highest BCUT2D eigenvalue weighted by Gasteiger charge is 2.23. The number of halogens is 4. The van der Waals surface area contributed by atoms with Gasteiger partial charge in [0.25, 0.3) is 5.56 Å². The Morgan fingerprint density at radius 3 is 2.54 bits per heavy atom. The number of hydrogen-bond acceptors (Lipinski definition) is 4. The van der Waals surface area contributed by atoms with Crippen LogP contribution in [0.2, 0.25) is 10.0 Å². The van der Waals surface area contributed by atoms with Gasteiger partial charge in [-0.3, -0.25) is 4.79 Å². The zero-order valence-electron chi connectivity index (χ0n) is 19.2. The molecule has 5 nitrogen and oxygen atoms in total. The molecule has 180 valence electrons. The van der Waals surface area contributed by atoms with Crippen LogP contribution < -0.4 is 10.3 Å². The number of rotatable bonds is 5. The fourth-order valence-corrected chi connectivity index (χ4v) is 4.95. The van der Waals surface area contributed by atoms with Crippen molar-refractivity contribution in [1.82, 2.24) is 9.66 Å². The van der Waals surface area contributed by atoms with Crippen molar-refractivity contribution >= 4 is 72.2 Å². The van der Waals surface area contributed by atoms with E-state index in [1.807, 2.05) is 57.2 Å². The molecule has 0 aliphatic rings. The Labute approximate surface area is 230 Å². The molecule has 1 aromatic heterocycles. The zero-order chi connectivity index (χ0) is 25.3. The molecular formula is C26H21Br2Cl2N3O2. The minimum absolute atomic E-state index is 0.249. The van der Waals surface area contributed by atoms with E-state index in [1.54, 1.807) is 24.4 Å². The third-order valence-corrected chi connectivity index (χ3v) is 6.83. The summed E-state index contributed by atoms with van der Waals surface area (Å²) in [4.78, 5) is 18.2. The van der Waals surface area contributed by atoms with Crippen LogP contribution in [0.25, 0.3) is 10.9 Å². The lowest BCUT2D eigenvalue weighted by atomic mass is 9.95. The van der Waals surface area contributed by atoms with E-state index in [0.717, 1.165) is 10.0 Å². The summed E-state index contributed by atoms with van der Waals surface area (Å²) in [6, 6.07) is 16.4. The quantitative estimate of drug-likeness (QED) is 0.209. The van der Waals surface area contributed by atoms with Gasteiger partial charge in [-0.2, -0.15) is 9.78 Å². The second-order valence-electron chi connectivity index (χ2n) is 8.89. The van der Waals surface area contributed by atoms with Crippen molar-refractivity contribution in [2.45, 2.75) is 32.8 Å². The van der Waals surface area contributed by atoms with Crippen LogP contribution in [0.1, 0.15) is 37.7 Å². The van der Waals surface area contributed by atoms with Gasteiger partial charge in [-0.25, -0.2) is 4.98 Å². The average Bonchev–Trinajstić information content (AvgIpc) is 2.78. The van der Waals surface area contributed by atoms with Crippen LogP contribution >= 0.6 is 55.1 Å². The third kappa shape index (κ3) is 5.80. The van der Waals surface area contributed by atoms with E-state index in [4.69, 9.17) is 32.9 Å². The summed E-state index contributed by atoms with van der Waals surface area (Å²) in [6.45, 7) is 6.21. The van der Waals surface area contributed by atoms with E-state index in [-0.39, 0.29) is 12.2 Å². The van der Waals surface area contributed by atoms with Crippen molar-refractivity contribution in [1.29, 1.82) is 0 Å². The van der Waals surface area contributed by atoms with Gasteiger partial charge >= 0.3 is 0 Å². The van der Waals surface area contributed by atoms with Gasteiger partial charge in [0.05, 0.1) is 21.6 Å². The summed E-state index contributed by atoms with van der Waals surface area (Å²) < 4.78 is 8.88. The Kier molecular flexibility index (Phi) is 7.71. The fraction of sp³-hybridized carbons (Fsp3) is 0.192. The van der Waals surface area contributed by atoms with Crippen LogP contribution in [-0.2, 0) is 12.0 Å². The van der Waals surface area contributed by atoms with Crippen LogP contribution in [-0.4, -0.2) is 15.9 Å². The van der Waals surface area contributed by atoms with Crippen LogP contribution in [0.5, 0.6) is 5.75 Å². The Balaban J connectivity index is 1.81. The number of hydrogen-bond donors (Lipinski definition) is 0. The molecule has 0 radical (unpaired) electrons. The van der Waals surface area contributed by atoms with Gasteiger partial charge in [0.15, 0.2) is 0 Å². The Hall–Kier alpha value is -2.19. The molecule has 0 aliphatic heterocycles. The highest BCUT2D eigenvalue weighted by atomic mass is 79.9. The molecule has 3 aromatic carbocycles. The van der Waals surface area contributed by atoms with Gasteiger partial charge in [-0.15, -0.1) is 0 Å². The number of ether oxygens (including phenoxy) is 1. The van der Waals surface area contributed by atoms with Gasteiger partial charge in [-0.1, -0.05) is 78.1 Å². The van der Waals surface area contributed by atoms with Crippen molar-refractivity contribution in [3.8, 4) is 5.75 Å². The van der Waals surface area contributed by atoms with E-state index >= 15 is 0 Å². The highest BCUT2D eigenvalue weighted by molar-refractivity contribution is 9.10. The number of benzene rings is 3. The predicted octanol–water partition coefficient (Wildman–Crippen LogP) is 7.99.